The smallest absolute Gasteiger partial charge is 0.126 e. The Morgan fingerprint density at radius 2 is 2.25 bits per heavy atom. The first-order chi connectivity index (χ1) is 5.72. The Morgan fingerprint density at radius 1 is 1.50 bits per heavy atom. The van der Waals surface area contributed by atoms with E-state index >= 15 is 0 Å². The molecule has 0 heterocycles. The summed E-state index contributed by atoms with van der Waals surface area (Å²) in [4.78, 5) is 0.786. The highest BCUT2D eigenvalue weighted by Crippen LogP contribution is 2.21. The summed E-state index contributed by atoms with van der Waals surface area (Å²) in [6.07, 6.45) is 0. The Labute approximate surface area is 74.9 Å². The van der Waals surface area contributed by atoms with Crippen molar-refractivity contribution in [1.29, 1.82) is 0 Å². The van der Waals surface area contributed by atoms with Crippen molar-refractivity contribution in [2.45, 2.75) is 4.90 Å². The fraction of sp³-hybridized carbons (Fsp3) is 0.250. The molecule has 0 amide bonds. The second kappa shape index (κ2) is 4.33. The van der Waals surface area contributed by atoms with Crippen LogP contribution in [0.4, 0.5) is 10.1 Å². The molecule has 12 heavy (non-hydrogen) atoms. The van der Waals surface area contributed by atoms with Crippen LogP contribution in [0, 0.1) is 5.82 Å². The van der Waals surface area contributed by atoms with Gasteiger partial charge in [0.2, 0.25) is 0 Å². The zero-order valence-corrected chi connectivity index (χ0v) is 7.53. The molecule has 1 aromatic rings. The predicted octanol–water partition coefficient (Wildman–Crippen LogP) is 2.10. The Balaban J connectivity index is 2.72. The van der Waals surface area contributed by atoms with Crippen molar-refractivity contribution in [3.8, 4) is 0 Å². The number of nitrogens with two attached hydrogens (primary N) is 1. The summed E-state index contributed by atoms with van der Waals surface area (Å²) in [6, 6.07) is 4.43. The molecule has 0 fully saturated rings. The minimum atomic E-state index is -0.311. The van der Waals surface area contributed by atoms with Crippen molar-refractivity contribution in [3.63, 3.8) is 0 Å². The van der Waals surface area contributed by atoms with Crippen LogP contribution in [0.25, 0.3) is 0 Å². The first-order valence-electron chi connectivity index (χ1n) is 3.40. The number of rotatable bonds is 3. The fourth-order valence-electron chi connectivity index (χ4n) is 0.795. The van der Waals surface area contributed by atoms with Gasteiger partial charge in [-0.1, -0.05) is 11.8 Å². The molecule has 0 radical (unpaired) electrons. The third-order valence-electron chi connectivity index (χ3n) is 1.24. The molecule has 4 heteroatoms. The van der Waals surface area contributed by atoms with Crippen molar-refractivity contribution in [3.05, 3.63) is 24.0 Å². The molecule has 2 N–H and O–H groups in total. The van der Waals surface area contributed by atoms with Crippen LogP contribution >= 0.6 is 11.8 Å². The van der Waals surface area contributed by atoms with Crippen LogP contribution in [0.15, 0.2) is 23.1 Å². The molecule has 0 aliphatic rings. The van der Waals surface area contributed by atoms with Gasteiger partial charge in [0.05, 0.1) is 5.94 Å². The maximum Gasteiger partial charge on any atom is 0.126 e. The third kappa shape index (κ3) is 2.71. The number of anilines is 1. The lowest BCUT2D eigenvalue weighted by Crippen LogP contribution is -1.88. The summed E-state index contributed by atoms with van der Waals surface area (Å²) in [5, 5.41) is 0. The molecular formula is C8H10FNOS. The van der Waals surface area contributed by atoms with Crippen molar-refractivity contribution < 1.29 is 9.13 Å². The largest absolute Gasteiger partial charge is 0.399 e. The highest BCUT2D eigenvalue weighted by atomic mass is 32.2. The van der Waals surface area contributed by atoms with E-state index in [0.29, 0.717) is 11.6 Å². The van der Waals surface area contributed by atoms with E-state index < -0.39 is 0 Å². The summed E-state index contributed by atoms with van der Waals surface area (Å²) in [6.45, 7) is 0. The lowest BCUT2D eigenvalue weighted by Gasteiger charge is -2.01. The number of halogens is 1. The minimum Gasteiger partial charge on any atom is -0.399 e. The van der Waals surface area contributed by atoms with Crippen LogP contribution in [0.2, 0.25) is 0 Å². The molecule has 0 atom stereocenters. The van der Waals surface area contributed by atoms with Crippen molar-refractivity contribution in [1.82, 2.24) is 0 Å². The number of ether oxygens (including phenoxy) is 1. The summed E-state index contributed by atoms with van der Waals surface area (Å²) in [5.74, 6) is 0.191. The second-order valence-electron chi connectivity index (χ2n) is 2.27. The average molecular weight is 187 g/mol. The maximum absolute atomic E-state index is 12.7. The molecule has 0 aromatic heterocycles. The van der Waals surface area contributed by atoms with Gasteiger partial charge >= 0.3 is 0 Å². The topological polar surface area (TPSA) is 35.2 Å². The molecule has 0 saturated carbocycles. The second-order valence-corrected chi connectivity index (χ2v) is 3.27. The highest BCUT2D eigenvalue weighted by Gasteiger charge is 1.98. The Bertz CT molecular complexity index is 247. The number of methoxy groups -OCH3 is 1. The molecule has 0 unspecified atom stereocenters. The molecule has 1 rings (SSSR count). The van der Waals surface area contributed by atoms with Crippen molar-refractivity contribution >= 4 is 17.4 Å². The van der Waals surface area contributed by atoms with Crippen molar-refractivity contribution in [2.24, 2.45) is 0 Å². The van der Waals surface area contributed by atoms with Gasteiger partial charge in [-0.05, 0) is 18.2 Å². The minimum absolute atomic E-state index is 0.311. The number of nitrogen functional groups attached to an aromatic ring is 1. The molecule has 0 spiro atoms. The monoisotopic (exact) mass is 187 g/mol. The molecule has 66 valence electrons. The SMILES string of the molecule is COCSc1cc(N)cc(F)c1. The van der Waals surface area contributed by atoms with E-state index in [1.807, 2.05) is 0 Å². The lowest BCUT2D eigenvalue weighted by atomic mass is 10.3. The highest BCUT2D eigenvalue weighted by molar-refractivity contribution is 7.99. The van der Waals surface area contributed by atoms with Crippen LogP contribution in [-0.4, -0.2) is 13.0 Å². The van der Waals surface area contributed by atoms with Gasteiger partial charge in [-0.15, -0.1) is 0 Å². The maximum atomic E-state index is 12.7. The first-order valence-corrected chi connectivity index (χ1v) is 4.39. The molecule has 1 aromatic carbocycles. The Morgan fingerprint density at radius 3 is 2.83 bits per heavy atom. The van der Waals surface area contributed by atoms with Gasteiger partial charge in [-0.2, -0.15) is 0 Å². The molecule has 0 aliphatic carbocycles. The van der Waals surface area contributed by atoms with Crippen LogP contribution in [-0.2, 0) is 4.74 Å². The molecule has 2 nitrogen and oxygen atoms in total. The van der Waals surface area contributed by atoms with Gasteiger partial charge in [0.25, 0.3) is 0 Å². The van der Waals surface area contributed by atoms with Gasteiger partial charge in [0, 0.05) is 17.7 Å². The van der Waals surface area contributed by atoms with E-state index in [-0.39, 0.29) is 5.82 Å². The zero-order valence-electron chi connectivity index (χ0n) is 6.71. The van der Waals surface area contributed by atoms with E-state index in [2.05, 4.69) is 0 Å². The van der Waals surface area contributed by atoms with Gasteiger partial charge < -0.3 is 10.5 Å². The van der Waals surface area contributed by atoms with Crippen molar-refractivity contribution in [2.75, 3.05) is 18.8 Å². The quantitative estimate of drug-likeness (QED) is 0.447. The number of thioether (sulfide) groups is 1. The summed E-state index contributed by atoms with van der Waals surface area (Å²) in [5.41, 5.74) is 5.88. The van der Waals surface area contributed by atoms with Crippen LogP contribution in [0.3, 0.4) is 0 Å². The number of benzene rings is 1. The average Bonchev–Trinajstić information content (AvgIpc) is 1.99. The van der Waals surface area contributed by atoms with E-state index in [4.69, 9.17) is 10.5 Å². The summed E-state index contributed by atoms with van der Waals surface area (Å²) >= 11 is 1.41. The van der Waals surface area contributed by atoms with Crippen LogP contribution in [0.5, 0.6) is 0 Å². The third-order valence-corrected chi connectivity index (χ3v) is 2.16. The molecule has 0 bridgehead atoms. The number of hydrogen-bond acceptors (Lipinski definition) is 3. The standard InChI is InChI=1S/C8H10FNOS/c1-11-5-12-8-3-6(9)2-7(10)4-8/h2-4H,5,10H2,1H3. The Hall–Kier alpha value is -0.740. The molecule has 0 aliphatic heterocycles. The lowest BCUT2D eigenvalue weighted by molar-refractivity contribution is 0.259. The van der Waals surface area contributed by atoms with Crippen LogP contribution in [0.1, 0.15) is 0 Å². The summed E-state index contributed by atoms with van der Waals surface area (Å²) < 4.78 is 17.5. The van der Waals surface area contributed by atoms with E-state index in [1.54, 1.807) is 13.2 Å². The van der Waals surface area contributed by atoms with Gasteiger partial charge in [0.1, 0.15) is 5.82 Å². The van der Waals surface area contributed by atoms with Gasteiger partial charge in [-0.3, -0.25) is 0 Å². The Kier molecular flexibility index (Phi) is 3.37. The number of hydrogen-bond donors (Lipinski definition) is 1. The van der Waals surface area contributed by atoms with E-state index in [9.17, 15) is 4.39 Å². The molecule has 0 saturated heterocycles. The van der Waals surface area contributed by atoms with E-state index in [1.165, 1.54) is 23.9 Å². The molecular weight excluding hydrogens is 177 g/mol. The van der Waals surface area contributed by atoms with Gasteiger partial charge in [0.15, 0.2) is 0 Å². The summed E-state index contributed by atoms with van der Waals surface area (Å²) in [7, 11) is 1.59. The normalized spacial score (nSPS) is 10.2. The van der Waals surface area contributed by atoms with Crippen LogP contribution < -0.4 is 5.73 Å². The zero-order chi connectivity index (χ0) is 8.97. The fourth-order valence-corrected chi connectivity index (χ4v) is 1.46. The predicted molar refractivity (Wildman–Crippen MR) is 48.5 cm³/mol. The first kappa shape index (κ1) is 9.35. The van der Waals surface area contributed by atoms with E-state index in [0.717, 1.165) is 4.90 Å². The van der Waals surface area contributed by atoms with Gasteiger partial charge in [-0.25, -0.2) is 4.39 Å².